The van der Waals surface area contributed by atoms with Gasteiger partial charge in [0.25, 0.3) is 12.4 Å². The van der Waals surface area contributed by atoms with Crippen LogP contribution in [0.25, 0.3) is 0 Å². The highest BCUT2D eigenvalue weighted by Crippen LogP contribution is 2.22. The maximum absolute atomic E-state index is 12.4. The highest BCUT2D eigenvalue weighted by Gasteiger charge is 2.23. The molecule has 3 N–H and O–H groups in total. The summed E-state index contributed by atoms with van der Waals surface area (Å²) < 4.78 is 5.04. The Morgan fingerprint density at radius 2 is 2.10 bits per heavy atom. The number of nitrogens with zero attached hydrogens (tertiary/aromatic N) is 3. The maximum Gasteiger partial charge on any atom is 0.354 e. The number of carboxylic acid groups (broad SMARTS) is 2. The fraction of sp³-hybridized carbons (Fsp3) is 0.421. The zero-order valence-electron chi connectivity index (χ0n) is 16.3. The molecular weight excluding hydrogens is 380 g/mol. The van der Waals surface area contributed by atoms with Gasteiger partial charge >= 0.3 is 5.97 Å². The lowest BCUT2D eigenvalue weighted by Gasteiger charge is -2.33. The lowest BCUT2D eigenvalue weighted by Crippen LogP contribution is -2.41. The van der Waals surface area contributed by atoms with E-state index < -0.39 is 5.97 Å². The minimum atomic E-state index is -1.04. The van der Waals surface area contributed by atoms with E-state index in [4.69, 9.17) is 19.5 Å². The standard InChI is InChI=1S/C18H22N4O4.CH2O2/c1-11-16(12(2)26-21-11)17(23)19-9-13-5-4-8-22(10-13)15-7-3-6-14(20-15)18(24)25;2-1-3/h3,6-7,13H,4-5,8-10H2,1-2H3,(H,19,23)(H,24,25);1H,(H,2,3). The third kappa shape index (κ3) is 5.77. The summed E-state index contributed by atoms with van der Waals surface area (Å²) in [6.07, 6.45) is 1.96. The number of carbonyl (C=O) groups is 3. The van der Waals surface area contributed by atoms with Crippen LogP contribution in [0.5, 0.6) is 0 Å². The number of nitrogens with one attached hydrogen (secondary N) is 1. The molecule has 29 heavy (non-hydrogen) atoms. The Morgan fingerprint density at radius 1 is 1.38 bits per heavy atom. The molecule has 1 atom stereocenters. The van der Waals surface area contributed by atoms with E-state index in [0.717, 1.165) is 25.9 Å². The molecule has 10 nitrogen and oxygen atoms in total. The van der Waals surface area contributed by atoms with Crippen LogP contribution in [0.1, 0.15) is 45.1 Å². The van der Waals surface area contributed by atoms with E-state index in [0.29, 0.717) is 29.4 Å². The first-order valence-electron chi connectivity index (χ1n) is 9.11. The van der Waals surface area contributed by atoms with Gasteiger partial charge in [-0.05, 0) is 44.7 Å². The molecule has 2 aromatic heterocycles. The number of rotatable bonds is 5. The summed E-state index contributed by atoms with van der Waals surface area (Å²) >= 11 is 0. The first-order valence-corrected chi connectivity index (χ1v) is 9.11. The molecule has 1 fully saturated rings. The van der Waals surface area contributed by atoms with Crippen LogP contribution >= 0.6 is 0 Å². The third-order valence-electron chi connectivity index (χ3n) is 4.61. The van der Waals surface area contributed by atoms with E-state index in [2.05, 4.69) is 20.4 Å². The largest absolute Gasteiger partial charge is 0.483 e. The highest BCUT2D eigenvalue weighted by molar-refractivity contribution is 5.96. The minimum absolute atomic E-state index is 0.0383. The number of aromatic nitrogens is 2. The van der Waals surface area contributed by atoms with Crippen molar-refractivity contribution < 1.29 is 29.1 Å². The van der Waals surface area contributed by atoms with E-state index in [1.807, 2.05) is 6.07 Å². The average Bonchev–Trinajstić information content (AvgIpc) is 3.05. The fourth-order valence-corrected chi connectivity index (χ4v) is 3.29. The van der Waals surface area contributed by atoms with Gasteiger partial charge in [0.1, 0.15) is 17.1 Å². The number of aromatic carboxylic acids is 1. The minimum Gasteiger partial charge on any atom is -0.483 e. The number of hydrogen-bond acceptors (Lipinski definition) is 7. The van der Waals surface area contributed by atoms with Gasteiger partial charge in [-0.15, -0.1) is 0 Å². The molecule has 0 bridgehead atoms. The molecule has 2 aromatic rings. The van der Waals surface area contributed by atoms with Crippen molar-refractivity contribution in [2.45, 2.75) is 26.7 Å². The SMILES string of the molecule is Cc1noc(C)c1C(=O)NCC1CCCN(c2cccc(C(=O)O)n2)C1.O=CO. The van der Waals surface area contributed by atoms with Gasteiger partial charge < -0.3 is 25.0 Å². The van der Waals surface area contributed by atoms with Crippen molar-refractivity contribution in [2.24, 2.45) is 5.92 Å². The van der Waals surface area contributed by atoms with E-state index in [9.17, 15) is 9.59 Å². The molecule has 1 amide bonds. The van der Waals surface area contributed by atoms with E-state index >= 15 is 0 Å². The summed E-state index contributed by atoms with van der Waals surface area (Å²) in [4.78, 5) is 38.1. The van der Waals surface area contributed by atoms with Crippen LogP contribution in [0, 0.1) is 19.8 Å². The van der Waals surface area contributed by atoms with Gasteiger partial charge in [-0.3, -0.25) is 9.59 Å². The zero-order chi connectivity index (χ0) is 21.4. The molecule has 10 heteroatoms. The molecule has 1 saturated heterocycles. The highest BCUT2D eigenvalue weighted by atomic mass is 16.5. The Kier molecular flexibility index (Phi) is 7.70. The summed E-state index contributed by atoms with van der Waals surface area (Å²) in [6, 6.07) is 5.00. The first-order chi connectivity index (χ1) is 13.9. The molecule has 1 unspecified atom stereocenters. The number of aryl methyl sites for hydroxylation is 2. The molecule has 0 saturated carbocycles. The van der Waals surface area contributed by atoms with Gasteiger partial charge in [0.05, 0.1) is 5.69 Å². The van der Waals surface area contributed by atoms with Crippen molar-refractivity contribution in [3.05, 3.63) is 40.9 Å². The van der Waals surface area contributed by atoms with Gasteiger partial charge in [0, 0.05) is 19.6 Å². The first kappa shape index (κ1) is 21.9. The molecule has 1 aliphatic heterocycles. The molecule has 0 aromatic carbocycles. The van der Waals surface area contributed by atoms with Crippen LogP contribution in [0.15, 0.2) is 22.7 Å². The second-order valence-corrected chi connectivity index (χ2v) is 6.66. The van der Waals surface area contributed by atoms with Gasteiger partial charge in [-0.25, -0.2) is 9.78 Å². The lowest BCUT2D eigenvalue weighted by molar-refractivity contribution is -0.122. The van der Waals surface area contributed by atoms with E-state index in [1.54, 1.807) is 19.9 Å². The Morgan fingerprint density at radius 3 is 2.72 bits per heavy atom. The molecular formula is C19H24N4O6. The summed E-state index contributed by atoms with van der Waals surface area (Å²) in [7, 11) is 0. The van der Waals surface area contributed by atoms with Crippen LogP contribution in [0.2, 0.25) is 0 Å². The molecule has 0 aliphatic carbocycles. The predicted octanol–water partition coefficient (Wildman–Crippen LogP) is 1.73. The molecule has 3 heterocycles. The van der Waals surface area contributed by atoms with Crippen molar-refractivity contribution in [1.82, 2.24) is 15.5 Å². The molecule has 156 valence electrons. The molecule has 0 spiro atoms. The van der Waals surface area contributed by atoms with Gasteiger partial charge in [-0.1, -0.05) is 11.2 Å². The number of piperidine rings is 1. The average molecular weight is 404 g/mol. The topological polar surface area (TPSA) is 146 Å². The van der Waals surface area contributed by atoms with Crippen LogP contribution in [0.4, 0.5) is 5.82 Å². The second-order valence-electron chi connectivity index (χ2n) is 6.66. The summed E-state index contributed by atoms with van der Waals surface area (Å²) in [6.45, 7) is 5.30. The number of hydrogen-bond donors (Lipinski definition) is 3. The normalized spacial score (nSPS) is 15.8. The van der Waals surface area contributed by atoms with Crippen molar-refractivity contribution in [2.75, 3.05) is 24.5 Å². The van der Waals surface area contributed by atoms with Crippen molar-refractivity contribution in [3.63, 3.8) is 0 Å². The molecule has 3 rings (SSSR count). The Hall–Kier alpha value is -3.43. The Bertz CT molecular complexity index is 847. The van der Waals surface area contributed by atoms with Gasteiger partial charge in [0.2, 0.25) is 0 Å². The molecule has 0 radical (unpaired) electrons. The van der Waals surface area contributed by atoms with Crippen molar-refractivity contribution in [3.8, 4) is 0 Å². The summed E-state index contributed by atoms with van der Waals surface area (Å²) in [5, 5.41) is 22.8. The predicted molar refractivity (Wildman–Crippen MR) is 103 cm³/mol. The van der Waals surface area contributed by atoms with Gasteiger partial charge in [-0.2, -0.15) is 0 Å². The van der Waals surface area contributed by atoms with E-state index in [1.165, 1.54) is 6.07 Å². The zero-order valence-corrected chi connectivity index (χ0v) is 16.3. The van der Waals surface area contributed by atoms with E-state index in [-0.39, 0.29) is 24.0 Å². The van der Waals surface area contributed by atoms with Gasteiger partial charge in [0.15, 0.2) is 5.69 Å². The summed E-state index contributed by atoms with van der Waals surface area (Å²) in [5.74, 6) is 0.228. The number of carboxylic acids is 1. The fourth-order valence-electron chi connectivity index (χ4n) is 3.29. The molecule has 1 aliphatic rings. The lowest BCUT2D eigenvalue weighted by atomic mass is 9.97. The second kappa shape index (κ2) is 10.2. The monoisotopic (exact) mass is 404 g/mol. The number of amides is 1. The third-order valence-corrected chi connectivity index (χ3v) is 4.61. The number of carbonyl (C=O) groups excluding carboxylic acids is 1. The van der Waals surface area contributed by atoms with Crippen LogP contribution in [-0.4, -0.2) is 58.3 Å². The van der Waals surface area contributed by atoms with Crippen LogP contribution < -0.4 is 10.2 Å². The summed E-state index contributed by atoms with van der Waals surface area (Å²) in [5.41, 5.74) is 1.12. The van der Waals surface area contributed by atoms with Crippen molar-refractivity contribution in [1.29, 1.82) is 0 Å². The Balaban J connectivity index is 0.000000941. The Labute approximate surface area is 167 Å². The van der Waals surface area contributed by atoms with Crippen LogP contribution in [-0.2, 0) is 4.79 Å². The smallest absolute Gasteiger partial charge is 0.354 e. The quantitative estimate of drug-likeness (QED) is 0.634. The van der Waals surface area contributed by atoms with Crippen LogP contribution in [0.3, 0.4) is 0 Å². The maximum atomic E-state index is 12.4. The number of anilines is 1. The van der Waals surface area contributed by atoms with Crippen molar-refractivity contribution >= 4 is 24.2 Å². The number of pyridine rings is 1.